The van der Waals surface area contributed by atoms with Crippen molar-refractivity contribution in [1.29, 1.82) is 5.26 Å². The van der Waals surface area contributed by atoms with Crippen LogP contribution < -0.4 is 16.4 Å². The number of primary amides is 1. The Hall–Kier alpha value is -3.12. The Labute approximate surface area is 157 Å². The number of carbonyl (C=O) groups excluding carboxylic acids is 3. The van der Waals surface area contributed by atoms with Crippen molar-refractivity contribution in [2.24, 2.45) is 11.7 Å². The Morgan fingerprint density at radius 1 is 1.30 bits per heavy atom. The van der Waals surface area contributed by atoms with Crippen LogP contribution in [-0.2, 0) is 20.9 Å². The summed E-state index contributed by atoms with van der Waals surface area (Å²) in [5.74, 6) is -1.84. The van der Waals surface area contributed by atoms with Gasteiger partial charge in [0.2, 0.25) is 11.8 Å². The molecule has 0 aliphatic rings. The van der Waals surface area contributed by atoms with Crippen LogP contribution in [-0.4, -0.2) is 41.7 Å². The maximum atomic E-state index is 11.9. The van der Waals surface area contributed by atoms with E-state index >= 15 is 0 Å². The van der Waals surface area contributed by atoms with Gasteiger partial charge in [0.05, 0.1) is 18.6 Å². The van der Waals surface area contributed by atoms with E-state index in [2.05, 4.69) is 10.6 Å². The highest BCUT2D eigenvalue weighted by Crippen LogP contribution is 2.05. The Morgan fingerprint density at radius 3 is 2.56 bits per heavy atom. The molecule has 0 unspecified atom stereocenters. The average molecular weight is 376 g/mol. The lowest BCUT2D eigenvalue weighted by Crippen LogP contribution is -2.46. The first-order chi connectivity index (χ1) is 12.8. The summed E-state index contributed by atoms with van der Waals surface area (Å²) in [5.41, 5.74) is 6.02. The Kier molecular flexibility index (Phi) is 9.33. The summed E-state index contributed by atoms with van der Waals surface area (Å²) in [4.78, 5) is 34.8. The number of alkyl carbamates (subject to hydrolysis) is 1. The van der Waals surface area contributed by atoms with Gasteiger partial charge in [0.25, 0.3) is 0 Å². The molecule has 0 saturated heterocycles. The minimum atomic E-state index is -1.17. The largest absolute Gasteiger partial charge is 0.445 e. The number of rotatable bonds is 10. The van der Waals surface area contributed by atoms with E-state index in [4.69, 9.17) is 15.7 Å². The predicted molar refractivity (Wildman–Crippen MR) is 95.8 cm³/mol. The summed E-state index contributed by atoms with van der Waals surface area (Å²) in [6.07, 6.45) is -2.16. The molecule has 9 nitrogen and oxygen atoms in total. The van der Waals surface area contributed by atoms with Crippen LogP contribution in [0.4, 0.5) is 4.79 Å². The standard InChI is InChI=1S/C18H24N4O5/c1-12(9-19)7-15(17(20)25)22-16(24)8-14(23)10-21-18(26)27-11-13-5-3-2-4-6-13/h2-6,12,14-15,23H,7-8,10-11H2,1H3,(H2,20,25)(H,21,26)(H,22,24)/t12-,14-,15+/m1/s1. The van der Waals surface area contributed by atoms with Crippen molar-refractivity contribution in [2.45, 2.75) is 38.5 Å². The summed E-state index contributed by atoms with van der Waals surface area (Å²) in [6.45, 7) is 1.49. The van der Waals surface area contributed by atoms with E-state index in [-0.39, 0.29) is 26.0 Å². The van der Waals surface area contributed by atoms with E-state index in [1.54, 1.807) is 19.1 Å². The molecule has 0 spiro atoms. The van der Waals surface area contributed by atoms with Gasteiger partial charge in [-0.05, 0) is 18.9 Å². The average Bonchev–Trinajstić information content (AvgIpc) is 2.64. The number of amides is 3. The molecule has 27 heavy (non-hydrogen) atoms. The van der Waals surface area contributed by atoms with Crippen LogP contribution in [0.15, 0.2) is 30.3 Å². The molecule has 0 aliphatic heterocycles. The molecule has 0 fully saturated rings. The Bertz CT molecular complexity index is 674. The lowest BCUT2D eigenvalue weighted by Gasteiger charge is -2.18. The molecular formula is C18H24N4O5. The van der Waals surface area contributed by atoms with E-state index in [1.165, 1.54) is 0 Å². The molecule has 0 saturated carbocycles. The minimum absolute atomic E-state index is 0.0811. The number of hydrogen-bond donors (Lipinski definition) is 4. The summed E-state index contributed by atoms with van der Waals surface area (Å²) >= 11 is 0. The van der Waals surface area contributed by atoms with Crippen molar-refractivity contribution in [2.75, 3.05) is 6.54 Å². The lowest BCUT2D eigenvalue weighted by atomic mass is 10.0. The van der Waals surface area contributed by atoms with Gasteiger partial charge in [-0.15, -0.1) is 0 Å². The number of aliphatic hydroxyl groups is 1. The predicted octanol–water partition coefficient (Wildman–Crippen LogP) is 0.184. The first kappa shape index (κ1) is 21.9. The van der Waals surface area contributed by atoms with Gasteiger partial charge in [0.1, 0.15) is 12.6 Å². The second kappa shape index (κ2) is 11.5. The first-order valence-electron chi connectivity index (χ1n) is 8.42. The van der Waals surface area contributed by atoms with Crippen LogP contribution in [0.5, 0.6) is 0 Å². The van der Waals surface area contributed by atoms with E-state index < -0.39 is 36.0 Å². The highest BCUT2D eigenvalue weighted by atomic mass is 16.5. The van der Waals surface area contributed by atoms with Gasteiger partial charge in [-0.25, -0.2) is 4.79 Å². The summed E-state index contributed by atoms with van der Waals surface area (Å²) in [6, 6.07) is 10.0. The topological polar surface area (TPSA) is 155 Å². The van der Waals surface area contributed by atoms with Crippen molar-refractivity contribution < 1.29 is 24.2 Å². The van der Waals surface area contributed by atoms with Crippen molar-refractivity contribution in [3.05, 3.63) is 35.9 Å². The van der Waals surface area contributed by atoms with Crippen LogP contribution in [0.2, 0.25) is 0 Å². The van der Waals surface area contributed by atoms with Crippen molar-refractivity contribution in [1.82, 2.24) is 10.6 Å². The highest BCUT2D eigenvalue weighted by molar-refractivity contribution is 5.86. The lowest BCUT2D eigenvalue weighted by molar-refractivity contribution is -0.128. The smallest absolute Gasteiger partial charge is 0.407 e. The molecule has 9 heteroatoms. The van der Waals surface area contributed by atoms with Gasteiger partial charge in [0, 0.05) is 12.5 Å². The second-order valence-electron chi connectivity index (χ2n) is 6.09. The molecule has 1 rings (SSSR count). The number of ether oxygens (including phenoxy) is 1. The van der Waals surface area contributed by atoms with Gasteiger partial charge in [0.15, 0.2) is 0 Å². The molecule has 146 valence electrons. The molecule has 0 bridgehead atoms. The SMILES string of the molecule is C[C@@H](C#N)C[C@H](NC(=O)C[C@@H](O)CNC(=O)OCc1ccccc1)C(N)=O. The fraction of sp³-hybridized carbons (Fsp3) is 0.444. The number of hydrogen-bond acceptors (Lipinski definition) is 6. The van der Waals surface area contributed by atoms with Crippen molar-refractivity contribution in [3.8, 4) is 6.07 Å². The van der Waals surface area contributed by atoms with Crippen LogP contribution in [0.3, 0.4) is 0 Å². The van der Waals surface area contributed by atoms with Crippen LogP contribution in [0.1, 0.15) is 25.3 Å². The fourth-order valence-corrected chi connectivity index (χ4v) is 2.17. The zero-order chi connectivity index (χ0) is 20.2. The number of aliphatic hydroxyl groups excluding tert-OH is 1. The third-order valence-electron chi connectivity index (χ3n) is 3.60. The maximum absolute atomic E-state index is 11.9. The molecule has 3 amide bonds. The van der Waals surface area contributed by atoms with Gasteiger partial charge < -0.3 is 26.2 Å². The molecule has 0 heterocycles. The van der Waals surface area contributed by atoms with Gasteiger partial charge in [-0.3, -0.25) is 9.59 Å². The Balaban J connectivity index is 2.32. The molecule has 5 N–H and O–H groups in total. The maximum Gasteiger partial charge on any atom is 0.407 e. The molecule has 0 radical (unpaired) electrons. The van der Waals surface area contributed by atoms with Crippen molar-refractivity contribution >= 4 is 17.9 Å². The van der Waals surface area contributed by atoms with Gasteiger partial charge in [-0.1, -0.05) is 30.3 Å². The van der Waals surface area contributed by atoms with E-state index in [9.17, 15) is 19.5 Å². The fourth-order valence-electron chi connectivity index (χ4n) is 2.17. The number of benzene rings is 1. The third kappa shape index (κ3) is 9.23. The summed E-state index contributed by atoms with van der Waals surface area (Å²) < 4.78 is 4.98. The van der Waals surface area contributed by atoms with Crippen LogP contribution in [0.25, 0.3) is 0 Å². The molecular weight excluding hydrogens is 352 g/mol. The highest BCUT2D eigenvalue weighted by Gasteiger charge is 2.22. The molecule has 0 aromatic heterocycles. The van der Waals surface area contributed by atoms with Gasteiger partial charge in [-0.2, -0.15) is 5.26 Å². The summed E-state index contributed by atoms with van der Waals surface area (Å²) in [5, 5.41) is 23.3. The Morgan fingerprint density at radius 2 is 1.96 bits per heavy atom. The van der Waals surface area contributed by atoms with Crippen LogP contribution in [0, 0.1) is 17.2 Å². The minimum Gasteiger partial charge on any atom is -0.445 e. The number of nitrogens with zero attached hydrogens (tertiary/aromatic N) is 1. The van der Waals surface area contributed by atoms with Crippen molar-refractivity contribution in [3.63, 3.8) is 0 Å². The second-order valence-corrected chi connectivity index (χ2v) is 6.09. The zero-order valence-corrected chi connectivity index (χ0v) is 15.1. The quantitative estimate of drug-likeness (QED) is 0.457. The monoisotopic (exact) mass is 376 g/mol. The molecule has 0 aliphatic carbocycles. The number of carbonyl (C=O) groups is 3. The van der Waals surface area contributed by atoms with Crippen LogP contribution >= 0.6 is 0 Å². The third-order valence-corrected chi connectivity index (χ3v) is 3.60. The number of nitrogens with one attached hydrogen (secondary N) is 2. The van der Waals surface area contributed by atoms with E-state index in [1.807, 2.05) is 24.3 Å². The molecule has 3 atom stereocenters. The zero-order valence-electron chi connectivity index (χ0n) is 15.1. The summed E-state index contributed by atoms with van der Waals surface area (Å²) in [7, 11) is 0. The molecule has 1 aromatic carbocycles. The normalized spacial score (nSPS) is 13.5. The number of nitriles is 1. The number of nitrogens with two attached hydrogens (primary N) is 1. The van der Waals surface area contributed by atoms with E-state index in [0.29, 0.717) is 0 Å². The molecule has 1 aromatic rings. The van der Waals surface area contributed by atoms with E-state index in [0.717, 1.165) is 5.56 Å². The van der Waals surface area contributed by atoms with Gasteiger partial charge >= 0.3 is 6.09 Å². The first-order valence-corrected chi connectivity index (χ1v) is 8.42.